The van der Waals surface area contributed by atoms with Crippen molar-refractivity contribution < 1.29 is 4.42 Å². The Labute approximate surface area is 343 Å². The summed E-state index contributed by atoms with van der Waals surface area (Å²) in [6.45, 7) is 4.71. The van der Waals surface area contributed by atoms with Crippen LogP contribution in [-0.4, -0.2) is 0 Å². The summed E-state index contributed by atoms with van der Waals surface area (Å²) < 4.78 is 6.44. The van der Waals surface area contributed by atoms with E-state index in [4.69, 9.17) is 4.42 Å². The molecule has 0 unspecified atom stereocenters. The van der Waals surface area contributed by atoms with Gasteiger partial charge in [-0.2, -0.15) is 0 Å². The molecule has 2 heteroatoms. The molecule has 1 heterocycles. The zero-order valence-electron chi connectivity index (χ0n) is 32.9. The number of anilines is 3. The second-order valence-corrected chi connectivity index (χ2v) is 16.5. The first-order chi connectivity index (χ1) is 29.0. The van der Waals surface area contributed by atoms with E-state index in [1.54, 1.807) is 0 Å². The molecule has 11 aromatic rings. The summed E-state index contributed by atoms with van der Waals surface area (Å²) in [6.07, 6.45) is 0. The van der Waals surface area contributed by atoms with E-state index in [2.05, 4.69) is 219 Å². The first-order valence-corrected chi connectivity index (χ1v) is 20.5. The van der Waals surface area contributed by atoms with Gasteiger partial charge in [-0.05, 0) is 132 Å². The van der Waals surface area contributed by atoms with Crippen molar-refractivity contribution in [3.63, 3.8) is 0 Å². The number of para-hydroxylation sites is 1. The lowest BCUT2D eigenvalue weighted by Crippen LogP contribution is -2.16. The highest BCUT2D eigenvalue weighted by molar-refractivity contribution is 6.12. The summed E-state index contributed by atoms with van der Waals surface area (Å²) in [5.41, 5.74) is 15.1. The molecule has 0 radical (unpaired) electrons. The maximum absolute atomic E-state index is 6.44. The predicted molar refractivity (Wildman–Crippen MR) is 249 cm³/mol. The standard InChI is InChI=1S/C57H39NO/c1-57(2)52-17-9-7-16-48(52)49-29-27-44(35-53(49)57)58(43-25-21-36(22-26-43)40-23-28-46-41(31-40)20-19-37-11-5-6-14-45(37)46)54-18-10-8-15-47(54)42-24-30-55-50(33-42)51-32-38-12-3-4-13-39(38)34-56(51)59-55/h3-35H,1-2H3. The summed E-state index contributed by atoms with van der Waals surface area (Å²) in [7, 11) is 0. The maximum Gasteiger partial charge on any atom is 0.136 e. The summed E-state index contributed by atoms with van der Waals surface area (Å²) in [4.78, 5) is 2.44. The van der Waals surface area contributed by atoms with E-state index in [9.17, 15) is 0 Å². The lowest BCUT2D eigenvalue weighted by Gasteiger charge is -2.30. The Morgan fingerprint density at radius 2 is 0.983 bits per heavy atom. The van der Waals surface area contributed by atoms with Gasteiger partial charge in [0.1, 0.15) is 11.2 Å². The zero-order valence-corrected chi connectivity index (χ0v) is 32.9. The first-order valence-electron chi connectivity index (χ1n) is 20.5. The van der Waals surface area contributed by atoms with E-state index in [1.807, 2.05) is 0 Å². The van der Waals surface area contributed by atoms with Crippen LogP contribution in [0.15, 0.2) is 205 Å². The molecule has 1 aliphatic carbocycles. The molecule has 59 heavy (non-hydrogen) atoms. The van der Waals surface area contributed by atoms with E-state index in [0.717, 1.165) is 50.1 Å². The fraction of sp³-hybridized carbons (Fsp3) is 0.0526. The van der Waals surface area contributed by atoms with E-state index in [-0.39, 0.29) is 5.41 Å². The molecule has 10 aromatic carbocycles. The fourth-order valence-electron chi connectivity index (χ4n) is 9.80. The highest BCUT2D eigenvalue weighted by atomic mass is 16.3. The van der Waals surface area contributed by atoms with Gasteiger partial charge in [-0.25, -0.2) is 0 Å². The predicted octanol–water partition coefficient (Wildman–Crippen LogP) is 16.2. The number of hydrogen-bond acceptors (Lipinski definition) is 2. The van der Waals surface area contributed by atoms with Gasteiger partial charge in [0.15, 0.2) is 0 Å². The average Bonchev–Trinajstić information content (AvgIpc) is 3.75. The molecule has 1 aliphatic rings. The van der Waals surface area contributed by atoms with Crippen LogP contribution in [0.2, 0.25) is 0 Å². The van der Waals surface area contributed by atoms with Crippen LogP contribution in [0.1, 0.15) is 25.0 Å². The monoisotopic (exact) mass is 753 g/mol. The molecule has 0 fully saturated rings. The van der Waals surface area contributed by atoms with Crippen molar-refractivity contribution in [2.45, 2.75) is 19.3 Å². The molecule has 0 N–H and O–H groups in total. The van der Waals surface area contributed by atoms with Crippen LogP contribution in [0.4, 0.5) is 17.1 Å². The Morgan fingerprint density at radius 1 is 0.356 bits per heavy atom. The molecule has 0 spiro atoms. The Bertz CT molecular complexity index is 3480. The highest BCUT2D eigenvalue weighted by Gasteiger charge is 2.36. The van der Waals surface area contributed by atoms with Crippen LogP contribution in [0.5, 0.6) is 0 Å². The largest absolute Gasteiger partial charge is 0.456 e. The quantitative estimate of drug-likeness (QED) is 0.163. The Kier molecular flexibility index (Phi) is 7.31. The number of fused-ring (bicyclic) bond motifs is 10. The van der Waals surface area contributed by atoms with Gasteiger partial charge < -0.3 is 9.32 Å². The van der Waals surface area contributed by atoms with Gasteiger partial charge in [-0.1, -0.05) is 153 Å². The van der Waals surface area contributed by atoms with Gasteiger partial charge in [0.05, 0.1) is 5.69 Å². The van der Waals surface area contributed by atoms with E-state index in [0.29, 0.717) is 0 Å². The molecule has 0 atom stereocenters. The van der Waals surface area contributed by atoms with Gasteiger partial charge in [0.2, 0.25) is 0 Å². The molecule has 278 valence electrons. The minimum atomic E-state index is -0.129. The van der Waals surface area contributed by atoms with Crippen molar-refractivity contribution in [2.75, 3.05) is 4.90 Å². The van der Waals surface area contributed by atoms with Crippen molar-refractivity contribution in [3.05, 3.63) is 211 Å². The van der Waals surface area contributed by atoms with Gasteiger partial charge in [-0.3, -0.25) is 0 Å². The summed E-state index contributed by atoms with van der Waals surface area (Å²) >= 11 is 0. The molecule has 2 nitrogen and oxygen atoms in total. The molecule has 1 aromatic heterocycles. The molecule has 0 amide bonds. The SMILES string of the molecule is CC1(C)c2ccccc2-c2ccc(N(c3ccc(-c4ccc5c(ccc6ccccc65)c4)cc3)c3ccccc3-c3ccc4oc5cc6ccccc6cc5c4c3)cc21. The van der Waals surface area contributed by atoms with Crippen LogP contribution >= 0.6 is 0 Å². The molecule has 12 rings (SSSR count). The van der Waals surface area contributed by atoms with Crippen LogP contribution in [-0.2, 0) is 5.41 Å². The van der Waals surface area contributed by atoms with Crippen LogP contribution in [0.25, 0.3) is 87.6 Å². The maximum atomic E-state index is 6.44. The first kappa shape index (κ1) is 33.7. The minimum absolute atomic E-state index is 0.129. The highest BCUT2D eigenvalue weighted by Crippen LogP contribution is 2.51. The Balaban J connectivity index is 1.01. The van der Waals surface area contributed by atoms with Gasteiger partial charge in [0.25, 0.3) is 0 Å². The lowest BCUT2D eigenvalue weighted by molar-refractivity contribution is 0.660. The summed E-state index contributed by atoms with van der Waals surface area (Å²) in [5, 5.41) is 9.73. The Morgan fingerprint density at radius 3 is 1.85 bits per heavy atom. The fourth-order valence-corrected chi connectivity index (χ4v) is 9.80. The zero-order chi connectivity index (χ0) is 39.2. The second kappa shape index (κ2) is 12.8. The van der Waals surface area contributed by atoms with E-state index in [1.165, 1.54) is 65.7 Å². The molecule has 0 saturated carbocycles. The molecular formula is C57H39NO. The van der Waals surface area contributed by atoms with Gasteiger partial charge in [-0.15, -0.1) is 0 Å². The van der Waals surface area contributed by atoms with Crippen molar-refractivity contribution >= 4 is 71.3 Å². The second-order valence-electron chi connectivity index (χ2n) is 16.5. The van der Waals surface area contributed by atoms with E-state index >= 15 is 0 Å². The van der Waals surface area contributed by atoms with Crippen molar-refractivity contribution in [3.8, 4) is 33.4 Å². The van der Waals surface area contributed by atoms with Crippen molar-refractivity contribution in [2.24, 2.45) is 0 Å². The number of hydrogen-bond donors (Lipinski definition) is 0. The third-order valence-electron chi connectivity index (χ3n) is 12.8. The number of furan rings is 1. The number of benzene rings is 10. The van der Waals surface area contributed by atoms with Crippen LogP contribution in [0.3, 0.4) is 0 Å². The van der Waals surface area contributed by atoms with Gasteiger partial charge in [0, 0.05) is 33.1 Å². The summed E-state index contributed by atoms with van der Waals surface area (Å²) in [6, 6.07) is 73.4. The minimum Gasteiger partial charge on any atom is -0.456 e. The molecule has 0 bridgehead atoms. The van der Waals surface area contributed by atoms with Crippen molar-refractivity contribution in [1.29, 1.82) is 0 Å². The van der Waals surface area contributed by atoms with Crippen LogP contribution in [0, 0.1) is 0 Å². The molecular weight excluding hydrogens is 715 g/mol. The third-order valence-corrected chi connectivity index (χ3v) is 12.8. The molecule has 0 aliphatic heterocycles. The van der Waals surface area contributed by atoms with Gasteiger partial charge >= 0.3 is 0 Å². The number of nitrogens with zero attached hydrogens (tertiary/aromatic N) is 1. The topological polar surface area (TPSA) is 16.4 Å². The normalized spacial score (nSPS) is 13.1. The van der Waals surface area contributed by atoms with E-state index < -0.39 is 0 Å². The van der Waals surface area contributed by atoms with Crippen molar-refractivity contribution in [1.82, 2.24) is 0 Å². The average molecular weight is 754 g/mol. The number of rotatable bonds is 5. The third kappa shape index (κ3) is 5.26. The smallest absolute Gasteiger partial charge is 0.136 e. The Hall–Kier alpha value is -7.42. The lowest BCUT2D eigenvalue weighted by atomic mass is 9.82. The van der Waals surface area contributed by atoms with Crippen LogP contribution < -0.4 is 4.90 Å². The summed E-state index contributed by atoms with van der Waals surface area (Å²) in [5.74, 6) is 0. The molecule has 0 saturated heterocycles.